The summed E-state index contributed by atoms with van der Waals surface area (Å²) in [5.41, 5.74) is 1.35. The SMILES string of the molecule is O=C(NC(=O)c1c(Cl)cccc1Cl)Nc1cnc2ccccc2n1. The van der Waals surface area contributed by atoms with Gasteiger partial charge in [-0.15, -0.1) is 0 Å². The Hall–Kier alpha value is -2.70. The number of rotatable bonds is 2. The summed E-state index contributed by atoms with van der Waals surface area (Å²) >= 11 is 11.9. The van der Waals surface area contributed by atoms with E-state index < -0.39 is 11.9 Å². The zero-order chi connectivity index (χ0) is 17.1. The third-order valence-corrected chi connectivity index (χ3v) is 3.74. The number of halogens is 2. The van der Waals surface area contributed by atoms with E-state index in [1.165, 1.54) is 18.3 Å². The van der Waals surface area contributed by atoms with Gasteiger partial charge in [-0.05, 0) is 24.3 Å². The highest BCUT2D eigenvalue weighted by atomic mass is 35.5. The zero-order valence-corrected chi connectivity index (χ0v) is 13.6. The molecule has 0 aliphatic rings. The van der Waals surface area contributed by atoms with Crippen molar-refractivity contribution in [2.75, 3.05) is 5.32 Å². The number of benzene rings is 2. The van der Waals surface area contributed by atoms with Crippen LogP contribution in [0, 0.1) is 0 Å². The molecule has 1 aromatic heterocycles. The van der Waals surface area contributed by atoms with Gasteiger partial charge in [0.15, 0.2) is 5.82 Å². The van der Waals surface area contributed by atoms with Gasteiger partial charge in [0, 0.05) is 0 Å². The third kappa shape index (κ3) is 3.45. The van der Waals surface area contributed by atoms with Crippen molar-refractivity contribution in [1.29, 1.82) is 0 Å². The van der Waals surface area contributed by atoms with Crippen molar-refractivity contribution < 1.29 is 9.59 Å². The Kier molecular flexibility index (Phi) is 4.59. The lowest BCUT2D eigenvalue weighted by molar-refractivity contribution is 0.0967. The highest BCUT2D eigenvalue weighted by Crippen LogP contribution is 2.23. The van der Waals surface area contributed by atoms with Crippen molar-refractivity contribution in [3.63, 3.8) is 0 Å². The Labute approximate surface area is 146 Å². The van der Waals surface area contributed by atoms with E-state index in [2.05, 4.69) is 20.6 Å². The number of nitrogens with zero attached hydrogens (tertiary/aromatic N) is 2. The maximum absolute atomic E-state index is 12.1. The smallest absolute Gasteiger partial charge is 0.291 e. The fourth-order valence-electron chi connectivity index (χ4n) is 2.05. The van der Waals surface area contributed by atoms with Crippen molar-refractivity contribution >= 4 is 52.0 Å². The van der Waals surface area contributed by atoms with Gasteiger partial charge < -0.3 is 0 Å². The van der Waals surface area contributed by atoms with Crippen molar-refractivity contribution in [1.82, 2.24) is 15.3 Å². The molecule has 120 valence electrons. The molecule has 0 aliphatic heterocycles. The fraction of sp³-hybridized carbons (Fsp3) is 0. The summed E-state index contributed by atoms with van der Waals surface area (Å²) in [6.45, 7) is 0. The van der Waals surface area contributed by atoms with E-state index in [1.54, 1.807) is 18.2 Å². The Balaban J connectivity index is 1.73. The molecule has 0 radical (unpaired) electrons. The number of aromatic nitrogens is 2. The van der Waals surface area contributed by atoms with Crippen LogP contribution < -0.4 is 10.6 Å². The molecule has 0 unspecified atom stereocenters. The van der Waals surface area contributed by atoms with Crippen molar-refractivity contribution in [3.05, 3.63) is 64.3 Å². The molecule has 0 aliphatic carbocycles. The normalized spacial score (nSPS) is 10.4. The van der Waals surface area contributed by atoms with Gasteiger partial charge in [0.25, 0.3) is 5.91 Å². The van der Waals surface area contributed by atoms with Gasteiger partial charge in [-0.25, -0.2) is 9.78 Å². The fourth-order valence-corrected chi connectivity index (χ4v) is 2.61. The topological polar surface area (TPSA) is 84.0 Å². The molecule has 24 heavy (non-hydrogen) atoms. The van der Waals surface area contributed by atoms with Crippen LogP contribution in [0.25, 0.3) is 11.0 Å². The summed E-state index contributed by atoms with van der Waals surface area (Å²) < 4.78 is 0. The van der Waals surface area contributed by atoms with Gasteiger partial charge >= 0.3 is 6.03 Å². The summed E-state index contributed by atoms with van der Waals surface area (Å²) in [4.78, 5) is 32.5. The van der Waals surface area contributed by atoms with Crippen LogP contribution in [0.1, 0.15) is 10.4 Å². The van der Waals surface area contributed by atoms with Gasteiger partial charge in [0.1, 0.15) is 0 Å². The van der Waals surface area contributed by atoms with Crippen LogP contribution in [0.5, 0.6) is 0 Å². The number of urea groups is 1. The molecule has 0 saturated carbocycles. The molecular formula is C16H10Cl2N4O2. The Morgan fingerprint density at radius 1 is 0.917 bits per heavy atom. The van der Waals surface area contributed by atoms with Crippen molar-refractivity contribution in [2.24, 2.45) is 0 Å². The lowest BCUT2D eigenvalue weighted by atomic mass is 10.2. The number of fused-ring (bicyclic) bond motifs is 1. The Bertz CT molecular complexity index is 926. The lowest BCUT2D eigenvalue weighted by Crippen LogP contribution is -2.35. The molecule has 3 rings (SSSR count). The largest absolute Gasteiger partial charge is 0.327 e. The average molecular weight is 361 g/mol. The van der Waals surface area contributed by atoms with Crippen LogP contribution in [-0.2, 0) is 0 Å². The molecule has 2 N–H and O–H groups in total. The van der Waals surface area contributed by atoms with E-state index in [1.807, 2.05) is 12.1 Å². The number of para-hydroxylation sites is 2. The summed E-state index contributed by atoms with van der Waals surface area (Å²) in [6, 6.07) is 11.1. The third-order valence-electron chi connectivity index (χ3n) is 3.11. The van der Waals surface area contributed by atoms with Gasteiger partial charge in [-0.2, -0.15) is 0 Å². The molecule has 0 atom stereocenters. The van der Waals surface area contributed by atoms with Gasteiger partial charge in [-0.3, -0.25) is 20.4 Å². The minimum atomic E-state index is -0.763. The quantitative estimate of drug-likeness (QED) is 0.725. The lowest BCUT2D eigenvalue weighted by Gasteiger charge is -2.08. The first-order chi connectivity index (χ1) is 11.5. The highest BCUT2D eigenvalue weighted by molar-refractivity contribution is 6.40. The summed E-state index contributed by atoms with van der Waals surface area (Å²) in [7, 11) is 0. The monoisotopic (exact) mass is 360 g/mol. The number of nitrogens with one attached hydrogen (secondary N) is 2. The van der Waals surface area contributed by atoms with E-state index in [4.69, 9.17) is 23.2 Å². The molecule has 0 bridgehead atoms. The minimum Gasteiger partial charge on any atom is -0.291 e. The second-order valence-electron chi connectivity index (χ2n) is 4.75. The molecule has 6 nitrogen and oxygen atoms in total. The first-order valence-electron chi connectivity index (χ1n) is 6.83. The average Bonchev–Trinajstić information content (AvgIpc) is 2.54. The number of hydrogen-bond acceptors (Lipinski definition) is 4. The maximum Gasteiger partial charge on any atom is 0.327 e. The predicted octanol–water partition coefficient (Wildman–Crippen LogP) is 3.90. The van der Waals surface area contributed by atoms with Crippen LogP contribution in [0.15, 0.2) is 48.7 Å². The zero-order valence-electron chi connectivity index (χ0n) is 12.1. The van der Waals surface area contributed by atoms with E-state index in [-0.39, 0.29) is 21.4 Å². The Morgan fingerprint density at radius 2 is 1.58 bits per heavy atom. The molecule has 0 fully saturated rings. The van der Waals surface area contributed by atoms with Crippen LogP contribution >= 0.6 is 23.2 Å². The second-order valence-corrected chi connectivity index (χ2v) is 5.56. The molecule has 0 saturated heterocycles. The summed E-state index contributed by atoms with van der Waals surface area (Å²) in [5.74, 6) is -0.499. The first-order valence-corrected chi connectivity index (χ1v) is 7.58. The molecule has 1 heterocycles. The minimum absolute atomic E-state index is 0.0283. The number of amides is 3. The van der Waals surface area contributed by atoms with Gasteiger partial charge in [-0.1, -0.05) is 41.4 Å². The second kappa shape index (κ2) is 6.82. The molecule has 8 heteroatoms. The van der Waals surface area contributed by atoms with E-state index >= 15 is 0 Å². The van der Waals surface area contributed by atoms with Gasteiger partial charge in [0.05, 0.1) is 32.8 Å². The number of imide groups is 1. The Morgan fingerprint density at radius 3 is 2.29 bits per heavy atom. The van der Waals surface area contributed by atoms with E-state index in [9.17, 15) is 9.59 Å². The van der Waals surface area contributed by atoms with Crippen LogP contribution in [0.3, 0.4) is 0 Å². The van der Waals surface area contributed by atoms with Crippen molar-refractivity contribution in [3.8, 4) is 0 Å². The van der Waals surface area contributed by atoms with Gasteiger partial charge in [0.2, 0.25) is 0 Å². The van der Waals surface area contributed by atoms with Crippen molar-refractivity contribution in [2.45, 2.75) is 0 Å². The predicted molar refractivity (Wildman–Crippen MR) is 92.5 cm³/mol. The number of carbonyl (C=O) groups is 2. The van der Waals surface area contributed by atoms with E-state index in [0.717, 1.165) is 0 Å². The maximum atomic E-state index is 12.1. The molecule has 3 amide bonds. The number of carbonyl (C=O) groups excluding carboxylic acids is 2. The van der Waals surface area contributed by atoms with Crippen LogP contribution in [0.4, 0.5) is 10.6 Å². The molecule has 0 spiro atoms. The van der Waals surface area contributed by atoms with Crippen LogP contribution in [-0.4, -0.2) is 21.9 Å². The number of anilines is 1. The first kappa shape index (κ1) is 16.2. The highest BCUT2D eigenvalue weighted by Gasteiger charge is 2.17. The summed E-state index contributed by atoms with van der Waals surface area (Å²) in [6.07, 6.45) is 1.40. The molecule has 3 aromatic rings. The summed E-state index contributed by atoms with van der Waals surface area (Å²) in [5, 5.41) is 4.89. The molecular weight excluding hydrogens is 351 g/mol. The standard InChI is InChI=1S/C16H10Cl2N4O2/c17-9-4-3-5-10(18)14(9)15(23)22-16(24)21-13-8-19-11-6-1-2-7-12(11)20-13/h1-8H,(H2,20,21,22,23,24). The molecule has 2 aromatic carbocycles. The van der Waals surface area contributed by atoms with E-state index in [0.29, 0.717) is 11.0 Å². The van der Waals surface area contributed by atoms with Crippen LogP contribution in [0.2, 0.25) is 10.0 Å². The number of hydrogen-bond donors (Lipinski definition) is 2.